The zero-order valence-corrected chi connectivity index (χ0v) is 20.8. The van der Waals surface area contributed by atoms with Crippen molar-refractivity contribution in [2.75, 3.05) is 0 Å². The van der Waals surface area contributed by atoms with E-state index in [2.05, 4.69) is 15.6 Å². The number of ether oxygens (including phenoxy) is 1. The summed E-state index contributed by atoms with van der Waals surface area (Å²) < 4.78 is 5.21. The van der Waals surface area contributed by atoms with E-state index in [4.69, 9.17) is 17.0 Å². The van der Waals surface area contributed by atoms with Crippen LogP contribution < -0.4 is 10.6 Å². The summed E-state index contributed by atoms with van der Waals surface area (Å²) >= 11 is 5.32. The van der Waals surface area contributed by atoms with Crippen molar-refractivity contribution in [3.05, 3.63) is 90.1 Å². The molecule has 0 aliphatic carbocycles. The summed E-state index contributed by atoms with van der Waals surface area (Å²) in [5.41, 5.74) is 0.999. The molecule has 1 atom stereocenters. The minimum atomic E-state index is -1.58. The van der Waals surface area contributed by atoms with Gasteiger partial charge in [0.25, 0.3) is 0 Å². The van der Waals surface area contributed by atoms with Crippen molar-refractivity contribution in [3.63, 3.8) is 0 Å². The van der Waals surface area contributed by atoms with E-state index in [0.717, 1.165) is 16.8 Å². The molecule has 35 heavy (non-hydrogen) atoms. The lowest BCUT2D eigenvalue weighted by Crippen LogP contribution is -2.57. The number of carboxylic acids is 1. The number of rotatable bonds is 7. The smallest absolute Gasteiger partial charge is 0.413 e. The number of aliphatic carboxylic acids is 1. The third kappa shape index (κ3) is 7.10. The second kappa shape index (κ2) is 11.1. The molecule has 0 aliphatic rings. The number of carbonyl (C=O) groups is 2. The Kier molecular flexibility index (Phi) is 8.19. The van der Waals surface area contributed by atoms with Gasteiger partial charge < -0.3 is 15.2 Å². The van der Waals surface area contributed by atoms with E-state index in [1.807, 2.05) is 81.4 Å². The molecule has 7 nitrogen and oxygen atoms in total. The van der Waals surface area contributed by atoms with Gasteiger partial charge in [-0.25, -0.2) is 9.59 Å². The van der Waals surface area contributed by atoms with Crippen LogP contribution in [0, 0.1) is 5.41 Å². The van der Waals surface area contributed by atoms with Gasteiger partial charge in [-0.3, -0.25) is 10.3 Å². The van der Waals surface area contributed by atoms with Gasteiger partial charge in [-0.05, 0) is 47.3 Å². The summed E-state index contributed by atoms with van der Waals surface area (Å²) in [6.07, 6.45) is 1.14. The highest BCUT2D eigenvalue weighted by atomic mass is 32.1. The van der Waals surface area contributed by atoms with Crippen LogP contribution in [-0.4, -0.2) is 27.3 Å². The van der Waals surface area contributed by atoms with Gasteiger partial charge in [0.15, 0.2) is 10.7 Å². The van der Waals surface area contributed by atoms with E-state index >= 15 is 0 Å². The molecule has 3 aromatic rings. The second-order valence-corrected chi connectivity index (χ2v) is 9.79. The Bertz CT molecular complexity index is 1160. The first-order valence-electron chi connectivity index (χ1n) is 11.1. The van der Waals surface area contributed by atoms with E-state index in [-0.39, 0.29) is 23.6 Å². The normalized spacial score (nSPS) is 12.8. The van der Waals surface area contributed by atoms with Crippen molar-refractivity contribution in [1.82, 2.24) is 15.6 Å². The monoisotopic (exact) mass is 491 g/mol. The number of carboxylic acid groups (broad SMARTS) is 1. The molecule has 0 radical (unpaired) electrons. The predicted octanol–water partition coefficient (Wildman–Crippen LogP) is 5.27. The van der Waals surface area contributed by atoms with E-state index in [1.54, 1.807) is 18.3 Å². The third-order valence-electron chi connectivity index (χ3n) is 5.25. The number of amides is 1. The fourth-order valence-corrected chi connectivity index (χ4v) is 4.06. The minimum Gasteiger partial charge on any atom is -0.479 e. The molecule has 1 aromatic heterocycles. The Morgan fingerprint density at radius 1 is 0.971 bits per heavy atom. The zero-order chi connectivity index (χ0) is 25.5. The van der Waals surface area contributed by atoms with Crippen molar-refractivity contribution in [3.8, 4) is 11.3 Å². The number of pyridine rings is 1. The molecule has 0 aliphatic heterocycles. The second-order valence-electron chi connectivity index (χ2n) is 9.38. The van der Waals surface area contributed by atoms with Crippen LogP contribution in [-0.2, 0) is 21.7 Å². The lowest BCUT2D eigenvalue weighted by molar-refractivity contribution is -0.146. The van der Waals surface area contributed by atoms with Crippen molar-refractivity contribution in [2.24, 2.45) is 5.41 Å². The van der Waals surface area contributed by atoms with E-state index in [0.29, 0.717) is 5.56 Å². The van der Waals surface area contributed by atoms with Gasteiger partial charge in [0, 0.05) is 11.8 Å². The fraction of sp³-hybridized carbons (Fsp3) is 0.259. The molecule has 2 aromatic carbocycles. The fourth-order valence-electron chi connectivity index (χ4n) is 3.80. The number of benzene rings is 2. The van der Waals surface area contributed by atoms with Crippen molar-refractivity contribution in [2.45, 2.75) is 39.3 Å². The quantitative estimate of drug-likeness (QED) is 0.387. The molecule has 1 unspecified atom stereocenters. The van der Waals surface area contributed by atoms with Crippen LogP contribution in [0.4, 0.5) is 4.79 Å². The summed E-state index contributed by atoms with van der Waals surface area (Å²) in [5.74, 6) is -1.11. The molecule has 0 spiro atoms. The Balaban J connectivity index is 1.81. The van der Waals surface area contributed by atoms with Crippen LogP contribution in [0.1, 0.15) is 38.3 Å². The summed E-state index contributed by atoms with van der Waals surface area (Å²) in [6.45, 7) is 5.90. The molecule has 1 heterocycles. The number of carbonyl (C=O) groups excluding carboxylic acids is 1. The summed E-state index contributed by atoms with van der Waals surface area (Å²) in [6, 6.07) is 22.0. The lowest BCUT2D eigenvalue weighted by atomic mass is 9.75. The van der Waals surface area contributed by atoms with Gasteiger partial charge in [0.2, 0.25) is 0 Å². The Hall–Kier alpha value is -3.78. The molecule has 3 N–H and O–H groups in total. The standard InChI is InChI=1S/C27H29N3O4S/c1-26(2,3)18-27(23(31)32,21-14-12-20(13-15-21)22-11-7-8-16-28-22)30-24(35)29-25(33)34-17-19-9-5-4-6-10-19/h4-16H,17-18H2,1-3H3,(H,31,32)(H2,29,30,33,35). The maximum atomic E-state index is 12.7. The Labute approximate surface area is 210 Å². The first-order chi connectivity index (χ1) is 16.6. The maximum Gasteiger partial charge on any atom is 0.413 e. The number of aromatic nitrogens is 1. The molecule has 0 saturated carbocycles. The zero-order valence-electron chi connectivity index (χ0n) is 19.9. The highest BCUT2D eigenvalue weighted by molar-refractivity contribution is 7.80. The molecular formula is C27H29N3O4S. The number of nitrogens with zero attached hydrogens (tertiary/aromatic N) is 1. The van der Waals surface area contributed by atoms with Gasteiger partial charge in [0.1, 0.15) is 6.61 Å². The number of thiocarbonyl (C=S) groups is 1. The number of hydrogen-bond donors (Lipinski definition) is 3. The summed E-state index contributed by atoms with van der Waals surface area (Å²) in [5, 5.41) is 15.6. The first-order valence-corrected chi connectivity index (χ1v) is 11.6. The van der Waals surface area contributed by atoms with Crippen LogP contribution in [0.25, 0.3) is 11.3 Å². The molecule has 182 valence electrons. The largest absolute Gasteiger partial charge is 0.479 e. The average Bonchev–Trinajstić information content (AvgIpc) is 2.82. The van der Waals surface area contributed by atoms with Crippen molar-refractivity contribution in [1.29, 1.82) is 0 Å². The van der Waals surface area contributed by atoms with Gasteiger partial charge in [0.05, 0.1) is 5.69 Å². The Morgan fingerprint density at radius 2 is 1.63 bits per heavy atom. The molecule has 0 fully saturated rings. The lowest BCUT2D eigenvalue weighted by Gasteiger charge is -2.37. The average molecular weight is 492 g/mol. The highest BCUT2D eigenvalue weighted by Gasteiger charge is 2.44. The van der Waals surface area contributed by atoms with E-state index in [1.165, 1.54) is 0 Å². The van der Waals surface area contributed by atoms with Gasteiger partial charge in [-0.1, -0.05) is 81.4 Å². The summed E-state index contributed by atoms with van der Waals surface area (Å²) in [4.78, 5) is 29.3. The molecule has 8 heteroatoms. The van der Waals surface area contributed by atoms with Crippen molar-refractivity contribution >= 4 is 29.4 Å². The predicted molar refractivity (Wildman–Crippen MR) is 139 cm³/mol. The number of hydrogen-bond acceptors (Lipinski definition) is 5. The highest BCUT2D eigenvalue weighted by Crippen LogP contribution is 2.36. The van der Waals surface area contributed by atoms with Gasteiger partial charge >= 0.3 is 12.1 Å². The van der Waals surface area contributed by atoms with Crippen LogP contribution >= 0.6 is 12.2 Å². The number of nitrogens with one attached hydrogen (secondary N) is 2. The summed E-state index contributed by atoms with van der Waals surface area (Å²) in [7, 11) is 0. The van der Waals surface area contributed by atoms with E-state index in [9.17, 15) is 14.7 Å². The minimum absolute atomic E-state index is 0.0658. The van der Waals surface area contributed by atoms with Gasteiger partial charge in [-0.2, -0.15) is 0 Å². The van der Waals surface area contributed by atoms with Crippen molar-refractivity contribution < 1.29 is 19.4 Å². The van der Waals surface area contributed by atoms with E-state index < -0.39 is 17.6 Å². The third-order valence-corrected chi connectivity index (χ3v) is 5.46. The Morgan fingerprint density at radius 3 is 2.20 bits per heavy atom. The van der Waals surface area contributed by atoms with Crippen LogP contribution in [0.3, 0.4) is 0 Å². The molecule has 3 rings (SSSR count). The van der Waals surface area contributed by atoms with Crippen LogP contribution in [0.5, 0.6) is 0 Å². The topological polar surface area (TPSA) is 101 Å². The SMILES string of the molecule is CC(C)(C)CC(NC(=S)NC(=O)OCc1ccccc1)(C(=O)O)c1ccc(-c2ccccn2)cc1. The molecule has 0 bridgehead atoms. The maximum absolute atomic E-state index is 12.7. The van der Waals surface area contributed by atoms with Gasteiger partial charge in [-0.15, -0.1) is 0 Å². The molecule has 0 saturated heterocycles. The number of alkyl carbamates (subject to hydrolysis) is 1. The molecular weight excluding hydrogens is 462 g/mol. The van der Waals surface area contributed by atoms with Crippen LogP contribution in [0.2, 0.25) is 0 Å². The van der Waals surface area contributed by atoms with Crippen LogP contribution in [0.15, 0.2) is 79.0 Å². The molecule has 1 amide bonds. The first kappa shape index (κ1) is 25.8.